The fourth-order valence-corrected chi connectivity index (χ4v) is 4.41. The van der Waals surface area contributed by atoms with Gasteiger partial charge in [0.2, 0.25) is 5.91 Å². The fourth-order valence-electron chi connectivity index (χ4n) is 4.17. The van der Waals surface area contributed by atoms with Gasteiger partial charge in [-0.2, -0.15) is 0 Å². The predicted molar refractivity (Wildman–Crippen MR) is 109 cm³/mol. The van der Waals surface area contributed by atoms with E-state index in [1.54, 1.807) is 0 Å². The number of likely N-dealkylation sites (N-methyl/N-ethyl adjacent to an activating group) is 1. The Bertz CT molecular complexity index is 794. The van der Waals surface area contributed by atoms with E-state index in [2.05, 4.69) is 18.7 Å². The third-order valence-corrected chi connectivity index (χ3v) is 5.90. The van der Waals surface area contributed by atoms with Gasteiger partial charge in [-0.3, -0.25) is 14.5 Å². The van der Waals surface area contributed by atoms with E-state index in [9.17, 15) is 4.79 Å². The van der Waals surface area contributed by atoms with Crippen LogP contribution in [0.2, 0.25) is 5.02 Å². The number of hydrogen-bond acceptors (Lipinski definition) is 5. The number of carbonyl (C=O) groups is 2. The number of ether oxygens (including phenoxy) is 2. The Morgan fingerprint density at radius 3 is 2.72 bits per heavy atom. The smallest absolute Gasteiger partial charge is 0.300 e. The number of amides is 1. The average molecular weight is 425 g/mol. The minimum atomic E-state index is -0.833. The van der Waals surface area contributed by atoms with Gasteiger partial charge < -0.3 is 19.5 Å². The van der Waals surface area contributed by atoms with E-state index in [1.807, 2.05) is 24.1 Å². The van der Waals surface area contributed by atoms with Crippen LogP contribution >= 0.6 is 11.6 Å². The summed E-state index contributed by atoms with van der Waals surface area (Å²) in [6.45, 7) is 9.05. The van der Waals surface area contributed by atoms with Crippen LogP contribution in [0.4, 0.5) is 0 Å². The molecule has 7 nitrogen and oxygen atoms in total. The van der Waals surface area contributed by atoms with Crippen LogP contribution in [0.1, 0.15) is 38.3 Å². The topological polar surface area (TPSA) is 79.3 Å². The van der Waals surface area contributed by atoms with Gasteiger partial charge in [-0.25, -0.2) is 0 Å². The van der Waals surface area contributed by atoms with Gasteiger partial charge in [0.25, 0.3) is 5.97 Å². The Morgan fingerprint density at radius 1 is 1.34 bits per heavy atom. The van der Waals surface area contributed by atoms with Crippen molar-refractivity contribution in [2.75, 3.05) is 33.4 Å². The van der Waals surface area contributed by atoms with E-state index >= 15 is 0 Å². The average Bonchev–Trinajstić information content (AvgIpc) is 3.11. The third-order valence-electron chi connectivity index (χ3n) is 5.68. The molecule has 1 N–H and O–H groups in total. The molecule has 0 aliphatic carbocycles. The number of benzene rings is 1. The molecular formula is C21H29ClN2O5. The second-order valence-corrected chi connectivity index (χ2v) is 8.99. The Morgan fingerprint density at radius 2 is 2.03 bits per heavy atom. The molecule has 2 fully saturated rings. The minimum Gasteiger partial charge on any atom is -0.492 e. The molecular weight excluding hydrogens is 396 g/mol. The highest BCUT2D eigenvalue weighted by Gasteiger charge is 2.40. The molecule has 3 heterocycles. The summed E-state index contributed by atoms with van der Waals surface area (Å²) in [7, 11) is 1.89. The summed E-state index contributed by atoms with van der Waals surface area (Å²) in [6, 6.07) is 4.15. The first kappa shape index (κ1) is 21.9. The van der Waals surface area contributed by atoms with Crippen molar-refractivity contribution in [3.63, 3.8) is 0 Å². The number of likely N-dealkylation sites (tertiary alicyclic amines) is 1. The zero-order valence-electron chi connectivity index (χ0n) is 17.4. The molecule has 2 saturated heterocycles. The maximum absolute atomic E-state index is 12.1. The Hall–Kier alpha value is -1.83. The Kier molecular flexibility index (Phi) is 6.41. The number of rotatable bonds is 2. The molecule has 0 unspecified atom stereocenters. The standard InChI is InChI=1S/C19H25ClN2O3.C2H4O2/c1-19(2)11-25-18-12(6-13(20)7-14(18)19)8-22-9-15-16(10-22)24-5-4-17(23)21(15)3;1-2(3)4/h6-7,15-16H,4-5,8-11H2,1-3H3;1H3,(H,3,4)/t15-,16-;/m0./s1. The third kappa shape index (κ3) is 4.85. The fraction of sp³-hybridized carbons (Fsp3) is 0.619. The summed E-state index contributed by atoms with van der Waals surface area (Å²) in [5.41, 5.74) is 2.30. The van der Waals surface area contributed by atoms with Gasteiger partial charge in [0.15, 0.2) is 0 Å². The number of carboxylic acids is 1. The van der Waals surface area contributed by atoms with Crippen LogP contribution in [0.3, 0.4) is 0 Å². The van der Waals surface area contributed by atoms with Crippen molar-refractivity contribution in [2.24, 2.45) is 0 Å². The molecule has 1 amide bonds. The summed E-state index contributed by atoms with van der Waals surface area (Å²) >= 11 is 6.38. The summed E-state index contributed by atoms with van der Waals surface area (Å²) in [5.74, 6) is 0.315. The number of carbonyl (C=O) groups excluding carboxylic acids is 1. The summed E-state index contributed by atoms with van der Waals surface area (Å²) in [4.78, 5) is 25.3. The van der Waals surface area contributed by atoms with Crippen molar-refractivity contribution in [1.82, 2.24) is 9.80 Å². The molecule has 0 saturated carbocycles. The van der Waals surface area contributed by atoms with Crippen molar-refractivity contribution in [2.45, 2.75) is 51.3 Å². The number of halogens is 1. The van der Waals surface area contributed by atoms with Crippen LogP contribution in [-0.4, -0.2) is 72.3 Å². The molecule has 0 aromatic heterocycles. The van der Waals surface area contributed by atoms with E-state index in [4.69, 9.17) is 31.0 Å². The van der Waals surface area contributed by atoms with Gasteiger partial charge in [-0.1, -0.05) is 25.4 Å². The molecule has 0 spiro atoms. The summed E-state index contributed by atoms with van der Waals surface area (Å²) in [6.07, 6.45) is 0.565. The van der Waals surface area contributed by atoms with E-state index in [0.29, 0.717) is 19.6 Å². The second kappa shape index (κ2) is 8.50. The van der Waals surface area contributed by atoms with E-state index in [1.165, 1.54) is 5.56 Å². The van der Waals surface area contributed by atoms with Gasteiger partial charge in [0.05, 0.1) is 31.8 Å². The molecule has 1 aromatic carbocycles. The molecule has 3 aliphatic rings. The monoisotopic (exact) mass is 424 g/mol. The first-order chi connectivity index (χ1) is 13.6. The normalized spacial score (nSPS) is 25.4. The molecule has 0 bridgehead atoms. The molecule has 2 atom stereocenters. The van der Waals surface area contributed by atoms with Gasteiger partial charge in [-0.05, 0) is 12.1 Å². The zero-order valence-corrected chi connectivity index (χ0v) is 18.2. The van der Waals surface area contributed by atoms with Crippen LogP contribution in [0.15, 0.2) is 12.1 Å². The highest BCUT2D eigenvalue weighted by atomic mass is 35.5. The predicted octanol–water partition coefficient (Wildman–Crippen LogP) is 2.53. The van der Waals surface area contributed by atoms with Crippen LogP contribution in [-0.2, 0) is 26.3 Å². The zero-order chi connectivity index (χ0) is 21.3. The van der Waals surface area contributed by atoms with Crippen molar-refractivity contribution in [3.05, 3.63) is 28.3 Å². The van der Waals surface area contributed by atoms with Crippen LogP contribution in [0.5, 0.6) is 5.75 Å². The lowest BCUT2D eigenvalue weighted by molar-refractivity contribution is -0.134. The first-order valence-electron chi connectivity index (χ1n) is 9.83. The summed E-state index contributed by atoms with van der Waals surface area (Å²) < 4.78 is 11.9. The molecule has 3 aliphatic heterocycles. The van der Waals surface area contributed by atoms with E-state index in [-0.39, 0.29) is 23.5 Å². The molecule has 8 heteroatoms. The SMILES string of the molecule is CC(=O)O.CN1C(=O)CCO[C@H]2CN(Cc3cc(Cl)cc4c3OCC4(C)C)C[C@@H]21. The van der Waals surface area contributed by atoms with Crippen molar-refractivity contribution in [3.8, 4) is 5.75 Å². The number of hydrogen-bond donors (Lipinski definition) is 1. The number of carboxylic acid groups (broad SMARTS) is 1. The van der Waals surface area contributed by atoms with Gasteiger partial charge >= 0.3 is 0 Å². The van der Waals surface area contributed by atoms with Gasteiger partial charge in [0, 0.05) is 55.2 Å². The maximum atomic E-state index is 12.1. The molecule has 29 heavy (non-hydrogen) atoms. The number of fused-ring (bicyclic) bond motifs is 2. The summed E-state index contributed by atoms with van der Waals surface area (Å²) in [5, 5.41) is 8.17. The number of nitrogens with zero attached hydrogens (tertiary/aromatic N) is 2. The lowest BCUT2D eigenvalue weighted by Gasteiger charge is -2.25. The molecule has 160 valence electrons. The first-order valence-corrected chi connectivity index (χ1v) is 10.2. The highest BCUT2D eigenvalue weighted by molar-refractivity contribution is 6.30. The highest BCUT2D eigenvalue weighted by Crippen LogP contribution is 2.43. The van der Waals surface area contributed by atoms with Crippen molar-refractivity contribution >= 4 is 23.5 Å². The lowest BCUT2D eigenvalue weighted by Crippen LogP contribution is -2.42. The van der Waals surface area contributed by atoms with Gasteiger partial charge in [0.1, 0.15) is 5.75 Å². The Balaban J connectivity index is 0.000000552. The largest absolute Gasteiger partial charge is 0.492 e. The van der Waals surface area contributed by atoms with E-state index in [0.717, 1.165) is 42.9 Å². The Labute approximate surface area is 176 Å². The van der Waals surface area contributed by atoms with Crippen LogP contribution in [0.25, 0.3) is 0 Å². The van der Waals surface area contributed by atoms with Crippen molar-refractivity contribution < 1.29 is 24.2 Å². The minimum absolute atomic E-state index is 0.0123. The lowest BCUT2D eigenvalue weighted by atomic mass is 9.86. The van der Waals surface area contributed by atoms with Gasteiger partial charge in [-0.15, -0.1) is 0 Å². The van der Waals surface area contributed by atoms with Crippen molar-refractivity contribution in [1.29, 1.82) is 0 Å². The second-order valence-electron chi connectivity index (χ2n) is 8.56. The molecule has 0 radical (unpaired) electrons. The van der Waals surface area contributed by atoms with E-state index < -0.39 is 5.97 Å². The molecule has 4 rings (SSSR count). The number of aliphatic carboxylic acids is 1. The van der Waals surface area contributed by atoms with Crippen LogP contribution in [0, 0.1) is 0 Å². The van der Waals surface area contributed by atoms with Crippen LogP contribution < -0.4 is 4.74 Å². The quantitative estimate of drug-likeness (QED) is 0.785. The molecule has 1 aromatic rings. The maximum Gasteiger partial charge on any atom is 0.300 e.